The molecule has 3 rings (SSSR count). The molecule has 5 heteroatoms. The molecule has 1 N–H and O–H groups in total. The maximum absolute atomic E-state index is 11.6. The smallest absolute Gasteiger partial charge is 0.134 e. The van der Waals surface area contributed by atoms with Crippen molar-refractivity contribution in [1.82, 2.24) is 0 Å². The number of anilines is 2. The maximum Gasteiger partial charge on any atom is 0.134 e. The molecule has 0 heterocycles. The van der Waals surface area contributed by atoms with Crippen LogP contribution in [0.4, 0.5) is 11.4 Å². The van der Waals surface area contributed by atoms with E-state index in [9.17, 15) is 5.11 Å². The van der Waals surface area contributed by atoms with Gasteiger partial charge in [0.15, 0.2) is 0 Å². The normalized spacial score (nSPS) is 12.3. The van der Waals surface area contributed by atoms with Gasteiger partial charge < -0.3 is 24.2 Å². The van der Waals surface area contributed by atoms with E-state index in [-0.39, 0.29) is 0 Å². The fourth-order valence-electron chi connectivity index (χ4n) is 3.39. The third-order valence-corrected chi connectivity index (χ3v) is 5.17. The van der Waals surface area contributed by atoms with E-state index in [0.717, 1.165) is 22.9 Å². The Balaban J connectivity index is 2.13. The van der Waals surface area contributed by atoms with Gasteiger partial charge in [-0.25, -0.2) is 0 Å². The summed E-state index contributed by atoms with van der Waals surface area (Å²) in [4.78, 5) is 1.91. The molecule has 0 saturated carbocycles. The van der Waals surface area contributed by atoms with Gasteiger partial charge >= 0.3 is 0 Å². The van der Waals surface area contributed by atoms with E-state index in [1.165, 1.54) is 0 Å². The lowest BCUT2D eigenvalue weighted by Gasteiger charge is -2.35. The van der Waals surface area contributed by atoms with Gasteiger partial charge in [-0.1, -0.05) is 18.7 Å². The van der Waals surface area contributed by atoms with Gasteiger partial charge in [-0.05, 0) is 73.2 Å². The number of methoxy groups -OCH3 is 3. The van der Waals surface area contributed by atoms with Crippen molar-refractivity contribution in [2.45, 2.75) is 12.5 Å². The van der Waals surface area contributed by atoms with Gasteiger partial charge in [0.25, 0.3) is 0 Å². The average Bonchev–Trinajstić information content (AvgIpc) is 2.82. The second-order valence-electron chi connectivity index (χ2n) is 7.06. The second kappa shape index (κ2) is 9.43. The minimum atomic E-state index is -1.38. The summed E-state index contributed by atoms with van der Waals surface area (Å²) in [6.45, 7) is 5.61. The van der Waals surface area contributed by atoms with Crippen molar-refractivity contribution in [3.8, 4) is 17.2 Å². The van der Waals surface area contributed by atoms with Gasteiger partial charge in [0, 0.05) is 11.4 Å². The zero-order valence-electron chi connectivity index (χ0n) is 18.3. The molecule has 1 unspecified atom stereocenters. The summed E-state index contributed by atoms with van der Waals surface area (Å²) in [6, 6.07) is 22.5. The summed E-state index contributed by atoms with van der Waals surface area (Å²) in [5, 5.41) is 11.6. The van der Waals surface area contributed by atoms with Crippen LogP contribution in [0.1, 0.15) is 12.5 Å². The summed E-state index contributed by atoms with van der Waals surface area (Å²) in [5.41, 5.74) is 4.41. The lowest BCUT2D eigenvalue weighted by molar-refractivity contribution is 0.0960. The Kier molecular flexibility index (Phi) is 6.71. The van der Waals surface area contributed by atoms with Crippen LogP contribution < -0.4 is 19.1 Å². The second-order valence-corrected chi connectivity index (χ2v) is 7.06. The highest BCUT2D eigenvalue weighted by molar-refractivity contribution is 5.71. The predicted octanol–water partition coefficient (Wildman–Crippen LogP) is 5.43. The average molecular weight is 418 g/mol. The van der Waals surface area contributed by atoms with E-state index < -0.39 is 5.60 Å². The van der Waals surface area contributed by atoms with Crippen molar-refractivity contribution < 1.29 is 19.3 Å². The van der Waals surface area contributed by atoms with Crippen molar-refractivity contribution in [2.75, 3.05) is 26.2 Å². The highest BCUT2D eigenvalue weighted by atomic mass is 16.5. The van der Waals surface area contributed by atoms with E-state index in [0.29, 0.717) is 17.0 Å². The van der Waals surface area contributed by atoms with Crippen molar-refractivity contribution in [3.63, 3.8) is 0 Å². The number of rotatable bonds is 8. The maximum atomic E-state index is 11.6. The highest BCUT2D eigenvalue weighted by Crippen LogP contribution is 2.40. The molecule has 1 atom stereocenters. The van der Waals surface area contributed by atoms with Gasteiger partial charge in [0.1, 0.15) is 28.5 Å². The van der Waals surface area contributed by atoms with Crippen LogP contribution in [-0.2, 0) is 5.60 Å². The molecule has 0 aromatic heterocycles. The van der Waals surface area contributed by atoms with Crippen molar-refractivity contribution >= 4 is 11.4 Å². The van der Waals surface area contributed by atoms with Crippen LogP contribution in [0.15, 0.2) is 90.8 Å². The first-order valence-corrected chi connectivity index (χ1v) is 9.80. The Morgan fingerprint density at radius 3 is 1.42 bits per heavy atom. The highest BCUT2D eigenvalue weighted by Gasteiger charge is 2.34. The molecule has 0 fully saturated rings. The van der Waals surface area contributed by atoms with Crippen LogP contribution in [0, 0.1) is 0 Å². The fourth-order valence-corrected chi connectivity index (χ4v) is 3.39. The SMILES string of the molecule is C=C=C(N(c1ccc(OC)cc1)c1ccc(OC)cc1)C(C)(O)c1ccc(OC)cc1. The van der Waals surface area contributed by atoms with Gasteiger partial charge in [-0.15, -0.1) is 5.73 Å². The van der Waals surface area contributed by atoms with Gasteiger partial charge in [0.05, 0.1) is 21.3 Å². The van der Waals surface area contributed by atoms with E-state index >= 15 is 0 Å². The Morgan fingerprint density at radius 2 is 1.10 bits per heavy atom. The Labute approximate surface area is 183 Å². The Hall–Kier alpha value is -3.66. The first kappa shape index (κ1) is 22.0. The zero-order valence-corrected chi connectivity index (χ0v) is 18.3. The monoisotopic (exact) mass is 417 g/mol. The summed E-state index contributed by atoms with van der Waals surface area (Å²) < 4.78 is 15.8. The van der Waals surface area contributed by atoms with Crippen LogP contribution in [-0.4, -0.2) is 26.4 Å². The minimum absolute atomic E-state index is 0.480. The molecular weight excluding hydrogens is 390 g/mol. The summed E-state index contributed by atoms with van der Waals surface area (Å²) in [7, 11) is 4.86. The molecule has 0 aliphatic heterocycles. The Morgan fingerprint density at radius 1 is 0.742 bits per heavy atom. The molecule has 3 aromatic carbocycles. The molecular formula is C26H27NO4. The van der Waals surface area contributed by atoms with Gasteiger partial charge in [-0.3, -0.25) is 0 Å². The third kappa shape index (κ3) is 4.58. The van der Waals surface area contributed by atoms with Crippen molar-refractivity contribution in [3.05, 3.63) is 96.4 Å². The van der Waals surface area contributed by atoms with Gasteiger partial charge in [0.2, 0.25) is 0 Å². The topological polar surface area (TPSA) is 51.2 Å². The number of benzene rings is 3. The predicted molar refractivity (Wildman–Crippen MR) is 123 cm³/mol. The summed E-state index contributed by atoms with van der Waals surface area (Å²) in [6.07, 6.45) is 0. The van der Waals surface area contributed by atoms with E-state index in [1.807, 2.05) is 77.7 Å². The molecule has 160 valence electrons. The van der Waals surface area contributed by atoms with Gasteiger partial charge in [-0.2, -0.15) is 0 Å². The third-order valence-electron chi connectivity index (χ3n) is 5.17. The molecule has 0 saturated heterocycles. The van der Waals surface area contributed by atoms with Crippen molar-refractivity contribution in [2.24, 2.45) is 0 Å². The molecule has 0 spiro atoms. The molecule has 0 aliphatic carbocycles. The first-order chi connectivity index (χ1) is 14.9. The molecule has 0 aliphatic rings. The molecule has 0 amide bonds. The number of hydrogen-bond donors (Lipinski definition) is 1. The number of aliphatic hydroxyl groups is 1. The van der Waals surface area contributed by atoms with E-state index in [4.69, 9.17) is 14.2 Å². The minimum Gasteiger partial charge on any atom is -0.497 e. The molecule has 0 radical (unpaired) electrons. The van der Waals surface area contributed by atoms with E-state index in [2.05, 4.69) is 12.3 Å². The van der Waals surface area contributed by atoms with Crippen LogP contribution in [0.5, 0.6) is 17.2 Å². The summed E-state index contributed by atoms with van der Waals surface area (Å²) in [5.74, 6) is 2.19. The van der Waals surface area contributed by atoms with Crippen LogP contribution in [0.2, 0.25) is 0 Å². The Bertz CT molecular complexity index is 1000. The first-order valence-electron chi connectivity index (χ1n) is 9.80. The number of nitrogens with zero attached hydrogens (tertiary/aromatic N) is 1. The number of hydrogen-bond acceptors (Lipinski definition) is 5. The molecule has 3 aromatic rings. The lowest BCUT2D eigenvalue weighted by atomic mass is 9.91. The largest absolute Gasteiger partial charge is 0.497 e. The lowest BCUT2D eigenvalue weighted by Crippen LogP contribution is -2.33. The van der Waals surface area contributed by atoms with Crippen LogP contribution in [0.3, 0.4) is 0 Å². The van der Waals surface area contributed by atoms with Crippen LogP contribution >= 0.6 is 0 Å². The number of ether oxygens (including phenoxy) is 3. The quantitative estimate of drug-likeness (QED) is 0.496. The van der Waals surface area contributed by atoms with Crippen LogP contribution in [0.25, 0.3) is 0 Å². The van der Waals surface area contributed by atoms with E-state index in [1.54, 1.807) is 28.3 Å². The van der Waals surface area contributed by atoms with Crippen molar-refractivity contribution in [1.29, 1.82) is 0 Å². The fraction of sp³-hybridized carbons (Fsp3) is 0.192. The molecule has 31 heavy (non-hydrogen) atoms. The molecule has 0 bridgehead atoms. The zero-order chi connectivity index (χ0) is 22.4. The molecule has 5 nitrogen and oxygen atoms in total. The standard InChI is InChI=1S/C26H27NO4/c1-6-25(26(2,28)19-7-13-22(29-3)14-8-19)27(20-9-15-23(30-4)16-10-20)21-11-17-24(31-5)18-12-21/h7-18,28H,1H2,2-5H3. The summed E-state index contributed by atoms with van der Waals surface area (Å²) >= 11 is 0.